The average Bonchev–Trinajstić information content (AvgIpc) is 2.45. The first-order chi connectivity index (χ1) is 10.4. The largest absolute Gasteiger partial charge is 0.325 e. The highest BCUT2D eigenvalue weighted by atomic mass is 32.2. The van der Waals surface area contributed by atoms with Gasteiger partial charge in [-0.25, -0.2) is 0 Å². The summed E-state index contributed by atoms with van der Waals surface area (Å²) < 4.78 is 0. The third-order valence-corrected chi connectivity index (χ3v) is 4.11. The van der Waals surface area contributed by atoms with Gasteiger partial charge in [0.1, 0.15) is 5.69 Å². The number of aryl methyl sites for hydroxylation is 3. The van der Waals surface area contributed by atoms with Gasteiger partial charge in [0.15, 0.2) is 5.16 Å². The number of nitrogens with zero attached hydrogens (tertiary/aromatic N) is 2. The number of aromatic nitrogens is 3. The van der Waals surface area contributed by atoms with Crippen molar-refractivity contribution in [2.75, 3.05) is 5.32 Å². The molecular weight excluding hydrogens is 300 g/mol. The van der Waals surface area contributed by atoms with Crippen molar-refractivity contribution < 1.29 is 4.79 Å². The summed E-state index contributed by atoms with van der Waals surface area (Å²) in [7, 11) is 0. The number of anilines is 1. The van der Waals surface area contributed by atoms with Crippen LogP contribution in [-0.2, 0) is 4.79 Å². The second-order valence-electron chi connectivity index (χ2n) is 5.11. The summed E-state index contributed by atoms with van der Waals surface area (Å²) in [5, 5.41) is 10.4. The van der Waals surface area contributed by atoms with Crippen molar-refractivity contribution in [3.8, 4) is 0 Å². The lowest BCUT2D eigenvalue weighted by molar-refractivity contribution is -0.115. The van der Waals surface area contributed by atoms with Crippen LogP contribution in [0, 0.1) is 20.8 Å². The number of amides is 1. The van der Waals surface area contributed by atoms with Crippen LogP contribution < -0.4 is 10.9 Å². The van der Waals surface area contributed by atoms with Gasteiger partial charge in [-0.1, -0.05) is 29.5 Å². The second kappa shape index (κ2) is 6.74. The molecule has 0 bridgehead atoms. The van der Waals surface area contributed by atoms with Crippen LogP contribution in [0.15, 0.2) is 28.2 Å². The summed E-state index contributed by atoms with van der Waals surface area (Å²) in [5.74, 6) is -0.153. The van der Waals surface area contributed by atoms with Crippen molar-refractivity contribution >= 4 is 23.4 Å². The van der Waals surface area contributed by atoms with Gasteiger partial charge in [-0.05, 0) is 39.3 Å². The molecule has 2 rings (SSSR count). The molecule has 116 valence electrons. The highest BCUT2D eigenvalue weighted by Crippen LogP contribution is 2.21. The Balaban J connectivity index is 2.05. The minimum absolute atomic E-state index is 0.153. The fourth-order valence-electron chi connectivity index (χ4n) is 1.84. The van der Waals surface area contributed by atoms with Crippen LogP contribution in [0.4, 0.5) is 5.69 Å². The first kappa shape index (κ1) is 16.2. The molecule has 1 aromatic heterocycles. The van der Waals surface area contributed by atoms with E-state index in [4.69, 9.17) is 0 Å². The van der Waals surface area contributed by atoms with Crippen molar-refractivity contribution in [3.05, 3.63) is 45.4 Å². The summed E-state index contributed by atoms with van der Waals surface area (Å²) in [6.45, 7) is 7.28. The zero-order valence-electron chi connectivity index (χ0n) is 12.9. The highest BCUT2D eigenvalue weighted by molar-refractivity contribution is 8.00. The minimum Gasteiger partial charge on any atom is -0.325 e. The molecule has 1 heterocycles. The Morgan fingerprint density at radius 3 is 2.64 bits per heavy atom. The molecular formula is C15H18N4O2S. The van der Waals surface area contributed by atoms with Gasteiger partial charge in [-0.2, -0.15) is 0 Å². The lowest BCUT2D eigenvalue weighted by Gasteiger charge is -2.13. The van der Waals surface area contributed by atoms with Gasteiger partial charge in [0, 0.05) is 5.69 Å². The normalized spacial score (nSPS) is 12.0. The van der Waals surface area contributed by atoms with Crippen molar-refractivity contribution in [3.63, 3.8) is 0 Å². The average molecular weight is 318 g/mol. The van der Waals surface area contributed by atoms with Crippen LogP contribution in [0.25, 0.3) is 0 Å². The van der Waals surface area contributed by atoms with E-state index >= 15 is 0 Å². The molecule has 0 saturated heterocycles. The first-order valence-corrected chi connectivity index (χ1v) is 7.73. The van der Waals surface area contributed by atoms with E-state index in [1.165, 1.54) is 0 Å². The SMILES string of the molecule is Cc1ccc(NC(=O)C(C)Sc2nnc(C)c(=O)[nH]2)c(C)c1. The van der Waals surface area contributed by atoms with Gasteiger partial charge in [-0.15, -0.1) is 10.2 Å². The summed E-state index contributed by atoms with van der Waals surface area (Å²) in [6.07, 6.45) is 0. The Kier molecular flexibility index (Phi) is 4.97. The number of thioether (sulfide) groups is 1. The molecule has 0 aliphatic rings. The Bertz CT molecular complexity index is 757. The molecule has 1 atom stereocenters. The second-order valence-corrected chi connectivity index (χ2v) is 6.44. The zero-order valence-corrected chi connectivity index (χ0v) is 13.7. The van der Waals surface area contributed by atoms with Gasteiger partial charge in [0.25, 0.3) is 5.56 Å². The molecule has 6 nitrogen and oxygen atoms in total. The molecule has 1 aromatic carbocycles. The molecule has 0 radical (unpaired) electrons. The summed E-state index contributed by atoms with van der Waals surface area (Å²) >= 11 is 1.16. The number of benzene rings is 1. The van der Waals surface area contributed by atoms with Crippen LogP contribution in [-0.4, -0.2) is 26.3 Å². The number of carbonyl (C=O) groups is 1. The van der Waals surface area contributed by atoms with E-state index in [1.54, 1.807) is 13.8 Å². The molecule has 2 N–H and O–H groups in total. The number of hydrogen-bond donors (Lipinski definition) is 2. The molecule has 0 fully saturated rings. The Morgan fingerprint density at radius 1 is 1.27 bits per heavy atom. The Hall–Kier alpha value is -2.15. The monoisotopic (exact) mass is 318 g/mol. The van der Waals surface area contributed by atoms with Crippen LogP contribution in [0.5, 0.6) is 0 Å². The van der Waals surface area contributed by atoms with Gasteiger partial charge < -0.3 is 5.32 Å². The quantitative estimate of drug-likeness (QED) is 0.844. The predicted molar refractivity (Wildman–Crippen MR) is 87.3 cm³/mol. The maximum absolute atomic E-state index is 12.2. The van der Waals surface area contributed by atoms with Crippen LogP contribution in [0.1, 0.15) is 23.7 Å². The van der Waals surface area contributed by atoms with Gasteiger partial charge in [-0.3, -0.25) is 14.6 Å². The maximum Gasteiger partial charge on any atom is 0.273 e. The standard InChI is InChI=1S/C15H18N4O2S/c1-8-5-6-12(9(2)7-8)16-14(21)11(4)22-15-17-13(20)10(3)18-19-15/h5-7,11H,1-4H3,(H,16,21)(H,17,19,20). The topological polar surface area (TPSA) is 87.7 Å². The van der Waals surface area contributed by atoms with Crippen LogP contribution in [0.3, 0.4) is 0 Å². The van der Waals surface area contributed by atoms with Crippen LogP contribution in [0.2, 0.25) is 0 Å². The lowest BCUT2D eigenvalue weighted by atomic mass is 10.1. The number of carbonyl (C=O) groups excluding carboxylic acids is 1. The number of hydrogen-bond acceptors (Lipinski definition) is 5. The van der Waals surface area contributed by atoms with E-state index < -0.39 is 5.25 Å². The molecule has 0 saturated carbocycles. The van der Waals surface area contributed by atoms with Gasteiger partial charge in [0.2, 0.25) is 5.91 Å². The molecule has 1 unspecified atom stereocenters. The number of nitrogens with one attached hydrogen (secondary N) is 2. The fraction of sp³-hybridized carbons (Fsp3) is 0.333. The van der Waals surface area contributed by atoms with E-state index in [9.17, 15) is 9.59 Å². The lowest BCUT2D eigenvalue weighted by Crippen LogP contribution is -2.24. The fourth-order valence-corrected chi connectivity index (χ4v) is 2.58. The van der Waals surface area contributed by atoms with E-state index in [0.717, 1.165) is 28.6 Å². The van der Waals surface area contributed by atoms with Crippen molar-refractivity contribution in [1.82, 2.24) is 15.2 Å². The molecule has 0 aliphatic carbocycles. The van der Waals surface area contributed by atoms with E-state index in [0.29, 0.717) is 10.9 Å². The minimum atomic E-state index is -0.409. The molecule has 2 aromatic rings. The molecule has 7 heteroatoms. The first-order valence-electron chi connectivity index (χ1n) is 6.85. The van der Waals surface area contributed by atoms with Crippen LogP contribution >= 0.6 is 11.8 Å². The van der Waals surface area contributed by atoms with E-state index in [-0.39, 0.29) is 11.5 Å². The number of aromatic amines is 1. The summed E-state index contributed by atoms with van der Waals surface area (Å²) in [5.41, 5.74) is 2.95. The molecule has 0 aliphatic heterocycles. The van der Waals surface area contributed by atoms with E-state index in [2.05, 4.69) is 20.5 Å². The van der Waals surface area contributed by atoms with Gasteiger partial charge in [0.05, 0.1) is 5.25 Å². The van der Waals surface area contributed by atoms with E-state index in [1.807, 2.05) is 32.0 Å². The summed E-state index contributed by atoms with van der Waals surface area (Å²) in [4.78, 5) is 26.3. The smallest absolute Gasteiger partial charge is 0.273 e. The third-order valence-electron chi connectivity index (χ3n) is 3.14. The Labute approximate surface area is 132 Å². The van der Waals surface area contributed by atoms with Crippen molar-refractivity contribution in [1.29, 1.82) is 0 Å². The Morgan fingerprint density at radius 2 is 2.00 bits per heavy atom. The summed E-state index contributed by atoms with van der Waals surface area (Å²) in [6, 6.07) is 5.84. The van der Waals surface area contributed by atoms with Crippen molar-refractivity contribution in [2.24, 2.45) is 0 Å². The molecule has 1 amide bonds. The number of rotatable bonds is 4. The molecule has 0 spiro atoms. The van der Waals surface area contributed by atoms with Gasteiger partial charge >= 0.3 is 0 Å². The maximum atomic E-state index is 12.2. The van der Waals surface area contributed by atoms with Crippen molar-refractivity contribution in [2.45, 2.75) is 38.1 Å². The predicted octanol–water partition coefficient (Wildman–Crippen LogP) is 2.21. The third kappa shape index (κ3) is 3.94. The number of H-pyrrole nitrogens is 1. The molecule has 22 heavy (non-hydrogen) atoms. The zero-order chi connectivity index (χ0) is 16.3. The highest BCUT2D eigenvalue weighted by Gasteiger charge is 2.17.